The summed E-state index contributed by atoms with van der Waals surface area (Å²) in [7, 11) is 0. The van der Waals surface area contributed by atoms with E-state index in [-0.39, 0.29) is 6.10 Å². The first kappa shape index (κ1) is 18.4. The molecule has 1 saturated heterocycles. The zero-order valence-corrected chi connectivity index (χ0v) is 15.5. The van der Waals surface area contributed by atoms with Gasteiger partial charge in [0, 0.05) is 13.1 Å². The van der Waals surface area contributed by atoms with E-state index in [4.69, 9.17) is 4.74 Å². The van der Waals surface area contributed by atoms with Crippen molar-refractivity contribution in [2.45, 2.75) is 51.6 Å². The van der Waals surface area contributed by atoms with Gasteiger partial charge in [-0.05, 0) is 80.8 Å². The largest absolute Gasteiger partial charge is 0.460 e. The second-order valence-electron chi connectivity index (χ2n) is 7.45. The van der Waals surface area contributed by atoms with E-state index in [1.165, 1.54) is 29.5 Å². The van der Waals surface area contributed by atoms with Crippen molar-refractivity contribution in [2.24, 2.45) is 5.92 Å². The minimum absolute atomic E-state index is 0.0942. The van der Waals surface area contributed by atoms with Gasteiger partial charge < -0.3 is 15.0 Å². The molecule has 3 rings (SSSR count). The Hall–Kier alpha value is -1.39. The number of fused-ring (bicyclic) bond motifs is 1. The quantitative estimate of drug-likeness (QED) is 0.772. The molecule has 1 aromatic rings. The molecule has 0 saturated carbocycles. The minimum atomic E-state index is -0.0942. The number of carbonyl (C=O) groups excluding carboxylic acids is 1. The molecule has 1 atom stereocenters. The van der Waals surface area contributed by atoms with E-state index in [2.05, 4.69) is 35.3 Å². The molecule has 4 nitrogen and oxygen atoms in total. The Morgan fingerprint density at radius 3 is 2.72 bits per heavy atom. The highest BCUT2D eigenvalue weighted by Gasteiger charge is 2.20. The van der Waals surface area contributed by atoms with Gasteiger partial charge in [-0.15, -0.1) is 0 Å². The molecule has 138 valence electrons. The van der Waals surface area contributed by atoms with Gasteiger partial charge in [0.05, 0.1) is 0 Å². The monoisotopic (exact) mass is 344 g/mol. The van der Waals surface area contributed by atoms with Crippen molar-refractivity contribution < 1.29 is 9.53 Å². The molecule has 2 aliphatic rings. The van der Waals surface area contributed by atoms with Crippen LogP contribution < -0.4 is 5.32 Å². The van der Waals surface area contributed by atoms with Crippen LogP contribution in [0.3, 0.4) is 0 Å². The van der Waals surface area contributed by atoms with Gasteiger partial charge in [-0.2, -0.15) is 0 Å². The highest BCUT2D eigenvalue weighted by molar-refractivity contribution is 5.40. The SMILES string of the molecule is CCN1CCc2ccc(C(CCC3CCNCC3)OC=O)cc2CC1. The smallest absolute Gasteiger partial charge is 0.293 e. The summed E-state index contributed by atoms with van der Waals surface area (Å²) in [6, 6.07) is 6.73. The number of nitrogens with one attached hydrogen (secondary N) is 1. The van der Waals surface area contributed by atoms with Crippen molar-refractivity contribution in [1.29, 1.82) is 0 Å². The number of piperidine rings is 1. The molecule has 0 aliphatic carbocycles. The summed E-state index contributed by atoms with van der Waals surface area (Å²) in [5, 5.41) is 3.42. The molecule has 0 aromatic heterocycles. The number of benzene rings is 1. The summed E-state index contributed by atoms with van der Waals surface area (Å²) >= 11 is 0. The first-order valence-electron chi connectivity index (χ1n) is 9.94. The van der Waals surface area contributed by atoms with Gasteiger partial charge in [0.1, 0.15) is 6.10 Å². The van der Waals surface area contributed by atoms with E-state index in [1.807, 2.05) is 0 Å². The van der Waals surface area contributed by atoms with Crippen LogP contribution in [0.25, 0.3) is 0 Å². The zero-order chi connectivity index (χ0) is 17.5. The van der Waals surface area contributed by atoms with E-state index < -0.39 is 0 Å². The summed E-state index contributed by atoms with van der Waals surface area (Å²) in [4.78, 5) is 13.5. The van der Waals surface area contributed by atoms with Crippen LogP contribution in [0, 0.1) is 5.92 Å². The van der Waals surface area contributed by atoms with Crippen LogP contribution in [-0.2, 0) is 22.4 Å². The maximum atomic E-state index is 11.0. The van der Waals surface area contributed by atoms with E-state index in [0.29, 0.717) is 6.47 Å². The van der Waals surface area contributed by atoms with Crippen molar-refractivity contribution in [3.8, 4) is 0 Å². The molecule has 1 unspecified atom stereocenters. The van der Waals surface area contributed by atoms with Crippen LogP contribution in [-0.4, -0.2) is 44.1 Å². The van der Waals surface area contributed by atoms with Crippen LogP contribution in [0.4, 0.5) is 0 Å². The standard InChI is InChI=1S/C21H32N2O2/c1-2-23-13-9-18-4-5-20(15-19(18)10-14-23)21(25-16-24)6-3-17-7-11-22-12-8-17/h4-5,15-17,21-22H,2-3,6-14H2,1H3. The Kier molecular flexibility index (Phi) is 6.88. The van der Waals surface area contributed by atoms with Crippen LogP contribution in [0.15, 0.2) is 18.2 Å². The Labute approximate surface area is 151 Å². The average molecular weight is 344 g/mol. The van der Waals surface area contributed by atoms with Crippen molar-refractivity contribution in [3.05, 3.63) is 34.9 Å². The molecule has 0 amide bonds. The van der Waals surface area contributed by atoms with Gasteiger partial charge in [-0.1, -0.05) is 25.1 Å². The first-order chi connectivity index (χ1) is 12.3. The Morgan fingerprint density at radius 1 is 1.24 bits per heavy atom. The van der Waals surface area contributed by atoms with Gasteiger partial charge in [-0.25, -0.2) is 0 Å². The number of nitrogens with zero attached hydrogens (tertiary/aromatic N) is 1. The molecular weight excluding hydrogens is 312 g/mol. The molecule has 1 aromatic carbocycles. The normalized spacial score (nSPS) is 20.5. The zero-order valence-electron chi connectivity index (χ0n) is 15.5. The molecule has 2 heterocycles. The van der Waals surface area contributed by atoms with Crippen LogP contribution in [0.1, 0.15) is 55.4 Å². The number of hydrogen-bond donors (Lipinski definition) is 1. The summed E-state index contributed by atoms with van der Waals surface area (Å²) in [5.41, 5.74) is 4.07. The molecule has 0 bridgehead atoms. The number of ether oxygens (including phenoxy) is 1. The van der Waals surface area contributed by atoms with Gasteiger partial charge in [0.25, 0.3) is 6.47 Å². The average Bonchev–Trinajstić information content (AvgIpc) is 2.87. The lowest BCUT2D eigenvalue weighted by molar-refractivity contribution is -0.134. The van der Waals surface area contributed by atoms with Gasteiger partial charge >= 0.3 is 0 Å². The second kappa shape index (κ2) is 9.35. The third kappa shape index (κ3) is 5.05. The number of likely N-dealkylation sites (N-methyl/N-ethyl adjacent to an activating group) is 1. The highest BCUT2D eigenvalue weighted by Crippen LogP contribution is 2.29. The van der Waals surface area contributed by atoms with Crippen LogP contribution in [0.5, 0.6) is 0 Å². The van der Waals surface area contributed by atoms with Crippen LogP contribution in [0.2, 0.25) is 0 Å². The fraction of sp³-hybridized carbons (Fsp3) is 0.667. The van der Waals surface area contributed by atoms with E-state index >= 15 is 0 Å². The van der Waals surface area contributed by atoms with Crippen molar-refractivity contribution >= 4 is 6.47 Å². The minimum Gasteiger partial charge on any atom is -0.460 e. The van der Waals surface area contributed by atoms with Gasteiger partial charge in [0.15, 0.2) is 0 Å². The summed E-state index contributed by atoms with van der Waals surface area (Å²) in [6.07, 6.45) is 6.68. The summed E-state index contributed by atoms with van der Waals surface area (Å²) in [6.45, 7) is 8.49. The second-order valence-corrected chi connectivity index (χ2v) is 7.45. The molecule has 1 fully saturated rings. The summed E-state index contributed by atoms with van der Waals surface area (Å²) < 4.78 is 5.48. The van der Waals surface area contributed by atoms with E-state index in [9.17, 15) is 4.79 Å². The first-order valence-corrected chi connectivity index (χ1v) is 9.94. The molecule has 0 spiro atoms. The number of carbonyl (C=O) groups is 1. The lowest BCUT2D eigenvalue weighted by Gasteiger charge is -2.25. The van der Waals surface area contributed by atoms with Crippen molar-refractivity contribution in [3.63, 3.8) is 0 Å². The van der Waals surface area contributed by atoms with Crippen LogP contribution >= 0.6 is 0 Å². The Balaban J connectivity index is 1.66. The lowest BCUT2D eigenvalue weighted by atomic mass is 9.89. The molecule has 25 heavy (non-hydrogen) atoms. The predicted octanol–water partition coefficient (Wildman–Crippen LogP) is 3.10. The number of hydrogen-bond acceptors (Lipinski definition) is 4. The molecular formula is C21H32N2O2. The third-order valence-corrected chi connectivity index (χ3v) is 5.96. The molecule has 0 radical (unpaired) electrons. The Bertz CT molecular complexity index is 555. The maximum absolute atomic E-state index is 11.0. The van der Waals surface area contributed by atoms with E-state index in [1.54, 1.807) is 0 Å². The van der Waals surface area contributed by atoms with Crippen molar-refractivity contribution in [1.82, 2.24) is 10.2 Å². The topological polar surface area (TPSA) is 41.6 Å². The third-order valence-electron chi connectivity index (χ3n) is 5.96. The van der Waals surface area contributed by atoms with Gasteiger partial charge in [-0.3, -0.25) is 4.79 Å². The fourth-order valence-corrected chi connectivity index (χ4v) is 4.25. The number of rotatable bonds is 7. The predicted molar refractivity (Wildman–Crippen MR) is 101 cm³/mol. The highest BCUT2D eigenvalue weighted by atomic mass is 16.5. The molecule has 1 N–H and O–H groups in total. The maximum Gasteiger partial charge on any atom is 0.293 e. The lowest BCUT2D eigenvalue weighted by Crippen LogP contribution is -2.28. The Morgan fingerprint density at radius 2 is 2.00 bits per heavy atom. The fourth-order valence-electron chi connectivity index (χ4n) is 4.25. The summed E-state index contributed by atoms with van der Waals surface area (Å²) in [5.74, 6) is 0.762. The molecule has 2 aliphatic heterocycles. The van der Waals surface area contributed by atoms with Gasteiger partial charge in [0.2, 0.25) is 0 Å². The van der Waals surface area contributed by atoms with E-state index in [0.717, 1.165) is 64.3 Å². The molecule has 4 heteroatoms. The van der Waals surface area contributed by atoms with Crippen molar-refractivity contribution in [2.75, 3.05) is 32.7 Å².